The molecule has 3 aromatic rings. The highest BCUT2D eigenvalue weighted by atomic mass is 32.1. The third-order valence-corrected chi connectivity index (χ3v) is 5.47. The molecule has 4 rings (SSSR count). The van der Waals surface area contributed by atoms with Crippen molar-refractivity contribution in [2.24, 2.45) is 0 Å². The van der Waals surface area contributed by atoms with Crippen molar-refractivity contribution in [3.63, 3.8) is 0 Å². The van der Waals surface area contributed by atoms with E-state index in [0.717, 1.165) is 17.0 Å². The van der Waals surface area contributed by atoms with E-state index < -0.39 is 11.5 Å². The number of aryl methyl sites for hydroxylation is 1. The Balaban J connectivity index is 1.55. The highest BCUT2D eigenvalue weighted by Gasteiger charge is 2.30. The first-order valence-electron chi connectivity index (χ1n) is 9.25. The van der Waals surface area contributed by atoms with Gasteiger partial charge in [0.25, 0.3) is 5.91 Å². The normalized spacial score (nSPS) is 18.2. The van der Waals surface area contributed by atoms with Gasteiger partial charge in [-0.15, -0.1) is 10.2 Å². The van der Waals surface area contributed by atoms with E-state index in [-0.39, 0.29) is 28.8 Å². The minimum atomic E-state index is -0.796. The number of rotatable bonds is 7. The second-order valence-corrected chi connectivity index (χ2v) is 7.59. The smallest absolute Gasteiger partial charge is 0.381 e. The summed E-state index contributed by atoms with van der Waals surface area (Å²) in [6, 6.07) is 2.99. The Hall–Kier alpha value is -3.29. The van der Waals surface area contributed by atoms with E-state index in [1.165, 1.54) is 13.2 Å². The molecule has 4 heterocycles. The van der Waals surface area contributed by atoms with Crippen LogP contribution in [-0.2, 0) is 9.47 Å². The molecule has 1 aliphatic rings. The number of hydrogen-bond donors (Lipinski definition) is 2. The van der Waals surface area contributed by atoms with Crippen LogP contribution in [0, 0.1) is 6.92 Å². The van der Waals surface area contributed by atoms with Crippen LogP contribution >= 0.6 is 11.3 Å². The summed E-state index contributed by atoms with van der Waals surface area (Å²) in [6.45, 7) is 2.67. The number of nitrogens with zero attached hydrogens (tertiary/aromatic N) is 4. The number of aromatic nitrogens is 4. The number of hydrogen-bond acceptors (Lipinski definition) is 11. The molecule has 0 aromatic carbocycles. The van der Waals surface area contributed by atoms with Crippen LogP contribution in [0.25, 0.3) is 5.13 Å². The summed E-state index contributed by atoms with van der Waals surface area (Å²) in [5, 5.41) is 18.5. The van der Waals surface area contributed by atoms with Crippen molar-refractivity contribution in [1.29, 1.82) is 0 Å². The van der Waals surface area contributed by atoms with E-state index in [1.54, 1.807) is 18.0 Å². The van der Waals surface area contributed by atoms with Crippen LogP contribution in [0.4, 0.5) is 10.8 Å². The molecule has 1 fully saturated rings. The van der Waals surface area contributed by atoms with Gasteiger partial charge in [0.05, 0.1) is 32.1 Å². The summed E-state index contributed by atoms with van der Waals surface area (Å²) in [5.41, 5.74) is 0.373. The Bertz CT molecular complexity index is 1140. The first-order valence-corrected chi connectivity index (χ1v) is 10.1. The molecule has 0 saturated carbocycles. The van der Waals surface area contributed by atoms with Crippen molar-refractivity contribution in [2.75, 3.05) is 38.1 Å². The van der Waals surface area contributed by atoms with Crippen LogP contribution in [-0.4, -0.2) is 65.5 Å². The van der Waals surface area contributed by atoms with Gasteiger partial charge in [0, 0.05) is 25.1 Å². The second-order valence-electron chi connectivity index (χ2n) is 6.64. The van der Waals surface area contributed by atoms with Gasteiger partial charge in [-0.2, -0.15) is 5.10 Å². The quantitative estimate of drug-likeness (QED) is 0.539. The zero-order chi connectivity index (χ0) is 22.0. The van der Waals surface area contributed by atoms with Crippen LogP contribution in [0.5, 0.6) is 5.75 Å². The predicted octanol–water partition coefficient (Wildman–Crippen LogP) is 1.07. The molecule has 2 N–H and O–H groups in total. The first-order chi connectivity index (χ1) is 15.0. The van der Waals surface area contributed by atoms with Crippen molar-refractivity contribution in [1.82, 2.24) is 20.0 Å². The molecule has 164 valence electrons. The molecule has 0 radical (unpaired) electrons. The number of carbonyl (C=O) groups excluding carboxylic acids is 1. The van der Waals surface area contributed by atoms with Gasteiger partial charge in [0.15, 0.2) is 5.76 Å². The Labute approximate surface area is 180 Å². The summed E-state index contributed by atoms with van der Waals surface area (Å²) in [7, 11) is 2.92. The predicted molar refractivity (Wildman–Crippen MR) is 110 cm³/mol. The average Bonchev–Trinajstić information content (AvgIpc) is 3.49. The zero-order valence-corrected chi connectivity index (χ0v) is 17.8. The molecule has 0 spiro atoms. The molecule has 0 aliphatic carbocycles. The molecule has 12 nitrogen and oxygen atoms in total. The molecule has 1 amide bonds. The molecular weight excluding hydrogens is 428 g/mol. The van der Waals surface area contributed by atoms with Gasteiger partial charge in [-0.05, 0) is 13.0 Å². The average molecular weight is 448 g/mol. The van der Waals surface area contributed by atoms with E-state index in [2.05, 4.69) is 25.9 Å². The fourth-order valence-corrected chi connectivity index (χ4v) is 3.83. The summed E-state index contributed by atoms with van der Waals surface area (Å²) < 4.78 is 22.7. The number of methoxy groups -OCH3 is 2. The van der Waals surface area contributed by atoms with E-state index in [1.807, 2.05) is 13.0 Å². The Morgan fingerprint density at radius 1 is 1.32 bits per heavy atom. The molecule has 2 atom stereocenters. The van der Waals surface area contributed by atoms with Gasteiger partial charge in [-0.3, -0.25) is 10.1 Å². The van der Waals surface area contributed by atoms with Crippen molar-refractivity contribution >= 4 is 28.1 Å². The Morgan fingerprint density at radius 3 is 2.87 bits per heavy atom. The summed E-state index contributed by atoms with van der Waals surface area (Å²) >= 11 is 1.13. The number of amides is 1. The molecule has 3 aromatic heterocycles. The van der Waals surface area contributed by atoms with Gasteiger partial charge in [-0.25, -0.2) is 9.48 Å². The van der Waals surface area contributed by atoms with E-state index >= 15 is 0 Å². The lowest BCUT2D eigenvalue weighted by Gasteiger charge is -2.20. The third kappa shape index (κ3) is 4.28. The molecule has 0 bridgehead atoms. The van der Waals surface area contributed by atoms with Gasteiger partial charge in [-0.1, -0.05) is 11.3 Å². The van der Waals surface area contributed by atoms with E-state index in [0.29, 0.717) is 24.0 Å². The zero-order valence-electron chi connectivity index (χ0n) is 16.9. The lowest BCUT2D eigenvalue weighted by Crippen LogP contribution is -2.34. The summed E-state index contributed by atoms with van der Waals surface area (Å²) in [4.78, 5) is 25.1. The van der Waals surface area contributed by atoms with Crippen LogP contribution < -0.4 is 21.0 Å². The van der Waals surface area contributed by atoms with Crippen LogP contribution in [0.15, 0.2) is 27.5 Å². The minimum Gasteiger partial charge on any atom is -0.488 e. The van der Waals surface area contributed by atoms with Crippen molar-refractivity contribution in [2.45, 2.75) is 19.1 Å². The summed E-state index contributed by atoms with van der Waals surface area (Å²) in [5.74, 6) is -0.924. The molecular formula is C18H20N6O6S. The van der Waals surface area contributed by atoms with Crippen molar-refractivity contribution < 1.29 is 23.4 Å². The molecule has 1 aliphatic heterocycles. The standard InChI is InChI=1S/C18H20N6O6S/c1-9-4-5-19-24(9)18-23-22-17(31-18)21-15(25)12-6-10(14(28-3)16(26)30-12)20-11-7-29-8-13(11)27-2/h4-6,11,13,20H,7-8H2,1-3H3,(H,21,22,25)/t11-,13-/m1/s1. The van der Waals surface area contributed by atoms with Crippen molar-refractivity contribution in [3.05, 3.63) is 40.2 Å². The third-order valence-electron chi connectivity index (χ3n) is 4.66. The number of carbonyl (C=O) groups is 1. The van der Waals surface area contributed by atoms with Crippen LogP contribution in [0.2, 0.25) is 0 Å². The number of ether oxygens (including phenoxy) is 3. The van der Waals surface area contributed by atoms with Crippen LogP contribution in [0.3, 0.4) is 0 Å². The van der Waals surface area contributed by atoms with Gasteiger partial charge < -0.3 is 23.9 Å². The van der Waals surface area contributed by atoms with Crippen molar-refractivity contribution in [3.8, 4) is 10.9 Å². The minimum absolute atomic E-state index is 0.0503. The Kier molecular flexibility index (Phi) is 5.97. The Morgan fingerprint density at radius 2 is 2.16 bits per heavy atom. The molecule has 31 heavy (non-hydrogen) atoms. The van der Waals surface area contributed by atoms with Crippen LogP contribution in [0.1, 0.15) is 16.2 Å². The topological polar surface area (TPSA) is 143 Å². The van der Waals surface area contributed by atoms with Gasteiger partial charge >= 0.3 is 5.63 Å². The largest absolute Gasteiger partial charge is 0.488 e. The highest BCUT2D eigenvalue weighted by Crippen LogP contribution is 2.26. The van der Waals surface area contributed by atoms with Gasteiger partial charge in [0.2, 0.25) is 16.0 Å². The molecule has 0 unspecified atom stereocenters. The lowest BCUT2D eigenvalue weighted by atomic mass is 10.2. The fourth-order valence-electron chi connectivity index (χ4n) is 3.08. The maximum Gasteiger partial charge on any atom is 0.381 e. The van der Waals surface area contributed by atoms with E-state index in [4.69, 9.17) is 18.6 Å². The maximum absolute atomic E-state index is 12.7. The number of nitrogens with one attached hydrogen (secondary N) is 2. The molecule has 1 saturated heterocycles. The highest BCUT2D eigenvalue weighted by molar-refractivity contribution is 7.17. The molecule has 13 heteroatoms. The maximum atomic E-state index is 12.7. The first kappa shape index (κ1) is 21.0. The second kappa shape index (κ2) is 8.83. The lowest BCUT2D eigenvalue weighted by molar-refractivity contribution is 0.0795. The van der Waals surface area contributed by atoms with E-state index in [9.17, 15) is 9.59 Å². The number of anilines is 2. The summed E-state index contributed by atoms with van der Waals surface area (Å²) in [6.07, 6.45) is 1.43. The van der Waals surface area contributed by atoms with Gasteiger partial charge in [0.1, 0.15) is 6.10 Å². The fraction of sp³-hybridized carbons (Fsp3) is 0.389. The SMILES string of the molecule is COc1c(N[C@@H]2COC[C@H]2OC)cc(C(=O)Nc2nnc(-n3nccc3C)s2)oc1=O. The monoisotopic (exact) mass is 448 g/mol.